The molecule has 0 aromatic heterocycles. The highest BCUT2D eigenvalue weighted by molar-refractivity contribution is 6.36. The molecular weight excluding hydrogens is 455 g/mol. The molecule has 6 bridgehead atoms. The van der Waals surface area contributed by atoms with Gasteiger partial charge in [-0.15, -0.1) is 0 Å². The summed E-state index contributed by atoms with van der Waals surface area (Å²) in [6, 6.07) is 0. The fraction of sp³-hybridized carbons (Fsp3) is 1.00. The van der Waals surface area contributed by atoms with Crippen LogP contribution in [0.25, 0.3) is 0 Å². The normalized spacial score (nSPS) is 55.9. The van der Waals surface area contributed by atoms with Crippen LogP contribution in [0.1, 0.15) is 96.3 Å². The van der Waals surface area contributed by atoms with Crippen LogP contribution in [0.3, 0.4) is 0 Å². The molecule has 0 radical (unpaired) electrons. The zero-order valence-corrected chi connectivity index (χ0v) is 23.2. The molecule has 0 aliphatic heterocycles. The van der Waals surface area contributed by atoms with Gasteiger partial charge >= 0.3 is 7.32 Å². The number of hydrogen-bond donors (Lipinski definition) is 0. The molecule has 204 valence electrons. The van der Waals surface area contributed by atoms with Gasteiger partial charge < -0.3 is 14.0 Å². The highest BCUT2D eigenvalue weighted by atomic mass is 16.7. The number of hydrogen-bond acceptors (Lipinski definition) is 3. The molecule has 9 saturated carbocycles. The summed E-state index contributed by atoms with van der Waals surface area (Å²) >= 11 is 0. The fourth-order valence-electron chi connectivity index (χ4n) is 14.0. The Morgan fingerprint density at radius 2 is 0.703 bits per heavy atom. The summed E-state index contributed by atoms with van der Waals surface area (Å²) in [5.74, 6) is 14.4. The third-order valence-corrected chi connectivity index (χ3v) is 15.0. The lowest BCUT2D eigenvalue weighted by molar-refractivity contribution is 0.0226. The minimum atomic E-state index is -0.407. The first-order valence-electron chi connectivity index (χ1n) is 17.1. The summed E-state index contributed by atoms with van der Waals surface area (Å²) in [5, 5.41) is 0. The van der Waals surface area contributed by atoms with Gasteiger partial charge in [0.25, 0.3) is 0 Å². The van der Waals surface area contributed by atoms with E-state index in [0.717, 1.165) is 109 Å². The molecule has 0 aromatic carbocycles. The van der Waals surface area contributed by atoms with Crippen LogP contribution in [0.2, 0.25) is 0 Å². The van der Waals surface area contributed by atoms with E-state index in [1.165, 1.54) is 96.3 Å². The standard InChI is InChI=1S/C33H51BO3/c1-4-25-19-10-22(31(13-19)28(25)7-1)16-35-34(36-17-23-11-20-14-32(23)29-8-2-5-26(20)29)37-18-24-12-21-15-33(24)30-9-3-6-27(21)30/h19-33H,1-18H2. The first kappa shape index (κ1) is 23.6. The van der Waals surface area contributed by atoms with E-state index in [4.69, 9.17) is 14.0 Å². The van der Waals surface area contributed by atoms with Crippen LogP contribution in [0, 0.1) is 88.8 Å². The predicted octanol–water partition coefficient (Wildman–Crippen LogP) is 7.24. The van der Waals surface area contributed by atoms with E-state index in [9.17, 15) is 0 Å². The van der Waals surface area contributed by atoms with E-state index in [-0.39, 0.29) is 0 Å². The highest BCUT2D eigenvalue weighted by Gasteiger charge is 2.56. The smallest absolute Gasteiger partial charge is 0.386 e. The average molecular weight is 507 g/mol. The van der Waals surface area contributed by atoms with Gasteiger partial charge in [-0.25, -0.2) is 0 Å². The molecule has 0 aromatic rings. The van der Waals surface area contributed by atoms with E-state index < -0.39 is 7.32 Å². The van der Waals surface area contributed by atoms with Crippen molar-refractivity contribution in [3.63, 3.8) is 0 Å². The molecular formula is C33H51BO3. The van der Waals surface area contributed by atoms with Crippen molar-refractivity contribution in [3.8, 4) is 0 Å². The maximum Gasteiger partial charge on any atom is 0.639 e. The van der Waals surface area contributed by atoms with Crippen LogP contribution in [0.5, 0.6) is 0 Å². The Balaban J connectivity index is 0.837. The summed E-state index contributed by atoms with van der Waals surface area (Å²) in [5.41, 5.74) is 0. The Morgan fingerprint density at radius 3 is 1.05 bits per heavy atom. The van der Waals surface area contributed by atoms with Crippen molar-refractivity contribution in [3.05, 3.63) is 0 Å². The Kier molecular flexibility index (Phi) is 5.90. The maximum atomic E-state index is 6.64. The lowest BCUT2D eigenvalue weighted by Crippen LogP contribution is -2.38. The van der Waals surface area contributed by atoms with Gasteiger partial charge in [-0.3, -0.25) is 0 Å². The van der Waals surface area contributed by atoms with Gasteiger partial charge in [0.2, 0.25) is 0 Å². The SMILES string of the molecule is C1CC2C3CC(COB(OCC4CC5CC4C4CCCC54)OCC4CC5CC4C4CCCC54)C(C3)C2C1. The Bertz CT molecular complexity index is 755. The number of fused-ring (bicyclic) bond motifs is 15. The fourth-order valence-corrected chi connectivity index (χ4v) is 14.0. The molecule has 0 heterocycles. The van der Waals surface area contributed by atoms with Crippen LogP contribution in [0.15, 0.2) is 0 Å². The molecule has 9 fully saturated rings. The quantitative estimate of drug-likeness (QED) is 0.309. The molecule has 0 spiro atoms. The van der Waals surface area contributed by atoms with Crippen LogP contribution in [-0.4, -0.2) is 27.1 Å². The molecule has 0 amide bonds. The minimum absolute atomic E-state index is 0.407. The second kappa shape index (κ2) is 9.23. The molecule has 37 heavy (non-hydrogen) atoms. The van der Waals surface area contributed by atoms with Crippen molar-refractivity contribution in [2.45, 2.75) is 96.3 Å². The molecule has 9 rings (SSSR count). The van der Waals surface area contributed by atoms with Gasteiger partial charge in [-0.2, -0.15) is 0 Å². The summed E-state index contributed by atoms with van der Waals surface area (Å²) in [7, 11) is -0.407. The predicted molar refractivity (Wildman–Crippen MR) is 145 cm³/mol. The topological polar surface area (TPSA) is 27.7 Å². The van der Waals surface area contributed by atoms with Crippen LogP contribution >= 0.6 is 0 Å². The zero-order valence-electron chi connectivity index (χ0n) is 23.2. The monoisotopic (exact) mass is 506 g/mol. The molecule has 3 nitrogen and oxygen atoms in total. The molecule has 0 N–H and O–H groups in total. The van der Waals surface area contributed by atoms with Crippen molar-refractivity contribution in [1.82, 2.24) is 0 Å². The summed E-state index contributed by atoms with van der Waals surface area (Å²) in [6.45, 7) is 2.66. The van der Waals surface area contributed by atoms with Gasteiger partial charge in [0, 0.05) is 19.8 Å². The molecule has 9 aliphatic rings. The van der Waals surface area contributed by atoms with Gasteiger partial charge in [0.15, 0.2) is 0 Å². The Labute approximate surface area is 226 Å². The summed E-state index contributed by atoms with van der Waals surface area (Å²) in [4.78, 5) is 0. The first-order chi connectivity index (χ1) is 18.3. The average Bonchev–Trinajstić information content (AvgIpc) is 3.71. The van der Waals surface area contributed by atoms with Gasteiger partial charge in [-0.05, 0) is 166 Å². The molecule has 15 unspecified atom stereocenters. The molecule has 15 atom stereocenters. The first-order valence-corrected chi connectivity index (χ1v) is 17.1. The lowest BCUT2D eigenvalue weighted by Gasteiger charge is -2.34. The second-order valence-corrected chi connectivity index (χ2v) is 16.0. The van der Waals surface area contributed by atoms with Crippen molar-refractivity contribution in [2.75, 3.05) is 19.8 Å². The highest BCUT2D eigenvalue weighted by Crippen LogP contribution is 2.63. The third kappa shape index (κ3) is 3.76. The van der Waals surface area contributed by atoms with Crippen molar-refractivity contribution >= 4 is 7.32 Å². The van der Waals surface area contributed by atoms with E-state index >= 15 is 0 Å². The molecule has 9 aliphatic carbocycles. The largest absolute Gasteiger partial charge is 0.639 e. The number of rotatable bonds is 9. The van der Waals surface area contributed by atoms with E-state index in [1.807, 2.05) is 0 Å². The minimum Gasteiger partial charge on any atom is -0.386 e. The lowest BCUT2D eigenvalue weighted by atomic mass is 9.75. The molecule has 0 saturated heterocycles. The summed E-state index contributed by atoms with van der Waals surface area (Å²) in [6.07, 6.45) is 22.3. The van der Waals surface area contributed by atoms with Crippen LogP contribution in [-0.2, 0) is 14.0 Å². The van der Waals surface area contributed by atoms with Gasteiger partial charge in [0.1, 0.15) is 0 Å². The molecule has 4 heteroatoms. The van der Waals surface area contributed by atoms with Crippen LogP contribution < -0.4 is 0 Å². The second-order valence-electron chi connectivity index (χ2n) is 16.0. The van der Waals surface area contributed by atoms with Crippen molar-refractivity contribution in [1.29, 1.82) is 0 Å². The van der Waals surface area contributed by atoms with Gasteiger partial charge in [0.05, 0.1) is 0 Å². The van der Waals surface area contributed by atoms with Gasteiger partial charge in [-0.1, -0.05) is 19.3 Å². The Morgan fingerprint density at radius 1 is 0.378 bits per heavy atom. The van der Waals surface area contributed by atoms with E-state index in [2.05, 4.69) is 0 Å². The van der Waals surface area contributed by atoms with Crippen molar-refractivity contribution < 1.29 is 14.0 Å². The van der Waals surface area contributed by atoms with Crippen molar-refractivity contribution in [2.24, 2.45) is 88.8 Å². The Hall–Kier alpha value is -0.0551. The maximum absolute atomic E-state index is 6.64. The summed E-state index contributed by atoms with van der Waals surface area (Å²) < 4.78 is 19.9. The van der Waals surface area contributed by atoms with Crippen LogP contribution in [0.4, 0.5) is 0 Å². The van der Waals surface area contributed by atoms with E-state index in [1.54, 1.807) is 0 Å². The zero-order chi connectivity index (χ0) is 24.1. The third-order valence-electron chi connectivity index (χ3n) is 15.0. The van der Waals surface area contributed by atoms with E-state index in [0.29, 0.717) is 0 Å².